The molecule has 0 saturated carbocycles. The van der Waals surface area contributed by atoms with Crippen molar-refractivity contribution in [3.05, 3.63) is 0 Å². The molecule has 1 aliphatic heterocycles. The van der Waals surface area contributed by atoms with E-state index in [1.807, 2.05) is 0 Å². The molecule has 1 aliphatic rings. The maximum atomic E-state index is 5.74. The molecule has 1 heterocycles. The largest absolute Gasteiger partial charge is 0.378 e. The molecular formula is C10H20O2S. The fourth-order valence-electron chi connectivity index (χ4n) is 1.79. The lowest BCUT2D eigenvalue weighted by Crippen LogP contribution is -2.34. The van der Waals surface area contributed by atoms with E-state index in [0.29, 0.717) is 18.3 Å². The summed E-state index contributed by atoms with van der Waals surface area (Å²) < 4.78 is 11.4. The number of rotatable bonds is 4. The van der Waals surface area contributed by atoms with Crippen molar-refractivity contribution >= 4 is 12.6 Å². The molecule has 78 valence electrons. The van der Waals surface area contributed by atoms with E-state index < -0.39 is 0 Å². The molecular weight excluding hydrogens is 184 g/mol. The third kappa shape index (κ3) is 4.34. The molecule has 3 heteroatoms. The SMILES string of the molecule is CC1CC(OCCCS)CC(C)O1. The van der Waals surface area contributed by atoms with Gasteiger partial charge in [0.15, 0.2) is 0 Å². The molecule has 0 aromatic rings. The molecule has 0 aromatic carbocycles. The zero-order chi connectivity index (χ0) is 9.68. The van der Waals surface area contributed by atoms with Gasteiger partial charge in [0, 0.05) is 6.61 Å². The van der Waals surface area contributed by atoms with Crippen LogP contribution in [0.2, 0.25) is 0 Å². The molecule has 1 fully saturated rings. The predicted octanol–water partition coefficient (Wildman–Crippen LogP) is 2.28. The highest BCUT2D eigenvalue weighted by molar-refractivity contribution is 7.80. The summed E-state index contributed by atoms with van der Waals surface area (Å²) in [5.74, 6) is 0.911. The van der Waals surface area contributed by atoms with Crippen LogP contribution in [0.25, 0.3) is 0 Å². The molecule has 0 bridgehead atoms. The molecule has 0 aromatic heterocycles. The van der Waals surface area contributed by atoms with E-state index >= 15 is 0 Å². The zero-order valence-corrected chi connectivity index (χ0v) is 9.43. The van der Waals surface area contributed by atoms with Crippen molar-refractivity contribution in [1.82, 2.24) is 0 Å². The third-order valence-corrected chi connectivity index (χ3v) is 2.63. The molecule has 0 N–H and O–H groups in total. The minimum Gasteiger partial charge on any atom is -0.378 e. The molecule has 2 nitrogen and oxygen atoms in total. The summed E-state index contributed by atoms with van der Waals surface area (Å²) >= 11 is 4.15. The standard InChI is InChI=1S/C10H20O2S/c1-8-6-10(7-9(2)12-8)11-4-3-5-13/h8-10,13H,3-7H2,1-2H3. The van der Waals surface area contributed by atoms with Gasteiger partial charge in [0.1, 0.15) is 0 Å². The molecule has 0 spiro atoms. The zero-order valence-electron chi connectivity index (χ0n) is 8.53. The van der Waals surface area contributed by atoms with Crippen LogP contribution in [-0.2, 0) is 9.47 Å². The molecule has 0 amide bonds. The fraction of sp³-hybridized carbons (Fsp3) is 1.00. The number of hydrogen-bond acceptors (Lipinski definition) is 3. The minimum absolute atomic E-state index is 0.352. The fourth-order valence-corrected chi connectivity index (χ4v) is 1.92. The Kier molecular flexibility index (Phi) is 5.14. The Morgan fingerprint density at radius 1 is 1.31 bits per heavy atom. The van der Waals surface area contributed by atoms with Crippen molar-refractivity contribution in [2.24, 2.45) is 0 Å². The first-order valence-electron chi connectivity index (χ1n) is 5.10. The van der Waals surface area contributed by atoms with E-state index in [0.717, 1.165) is 31.6 Å². The minimum atomic E-state index is 0.352. The van der Waals surface area contributed by atoms with E-state index in [1.54, 1.807) is 0 Å². The van der Waals surface area contributed by atoms with Gasteiger partial charge in [-0.05, 0) is 38.9 Å². The second kappa shape index (κ2) is 5.89. The van der Waals surface area contributed by atoms with Gasteiger partial charge in [-0.15, -0.1) is 0 Å². The van der Waals surface area contributed by atoms with Gasteiger partial charge in [0.25, 0.3) is 0 Å². The molecule has 0 aliphatic carbocycles. The average molecular weight is 204 g/mol. The van der Waals surface area contributed by atoms with Crippen LogP contribution in [0, 0.1) is 0 Å². The van der Waals surface area contributed by atoms with Crippen molar-refractivity contribution in [2.45, 2.75) is 51.4 Å². The van der Waals surface area contributed by atoms with Gasteiger partial charge in [-0.2, -0.15) is 12.6 Å². The molecule has 1 rings (SSSR count). The highest BCUT2D eigenvalue weighted by atomic mass is 32.1. The van der Waals surface area contributed by atoms with Gasteiger partial charge < -0.3 is 9.47 Å². The van der Waals surface area contributed by atoms with E-state index in [4.69, 9.17) is 9.47 Å². The summed E-state index contributed by atoms with van der Waals surface area (Å²) in [7, 11) is 0. The Bertz CT molecular complexity index is 131. The van der Waals surface area contributed by atoms with Crippen molar-refractivity contribution in [1.29, 1.82) is 0 Å². The van der Waals surface area contributed by atoms with E-state index in [2.05, 4.69) is 26.5 Å². The number of ether oxygens (including phenoxy) is 2. The van der Waals surface area contributed by atoms with Crippen molar-refractivity contribution in [3.8, 4) is 0 Å². The van der Waals surface area contributed by atoms with Gasteiger partial charge in [-0.3, -0.25) is 0 Å². The Morgan fingerprint density at radius 3 is 2.46 bits per heavy atom. The van der Waals surface area contributed by atoms with Crippen molar-refractivity contribution in [2.75, 3.05) is 12.4 Å². The van der Waals surface area contributed by atoms with Crippen LogP contribution in [0.3, 0.4) is 0 Å². The van der Waals surface area contributed by atoms with E-state index in [-0.39, 0.29) is 0 Å². The second-order valence-electron chi connectivity index (χ2n) is 3.80. The smallest absolute Gasteiger partial charge is 0.0624 e. The Hall–Kier alpha value is 0.270. The van der Waals surface area contributed by atoms with Crippen LogP contribution < -0.4 is 0 Å². The van der Waals surface area contributed by atoms with Crippen LogP contribution in [-0.4, -0.2) is 30.7 Å². The van der Waals surface area contributed by atoms with Gasteiger partial charge >= 0.3 is 0 Å². The van der Waals surface area contributed by atoms with Crippen LogP contribution in [0.4, 0.5) is 0 Å². The molecule has 2 unspecified atom stereocenters. The first-order valence-corrected chi connectivity index (χ1v) is 5.73. The Labute approximate surface area is 86.4 Å². The molecule has 1 saturated heterocycles. The maximum absolute atomic E-state index is 5.74. The van der Waals surface area contributed by atoms with Crippen molar-refractivity contribution < 1.29 is 9.47 Å². The first-order chi connectivity index (χ1) is 6.22. The van der Waals surface area contributed by atoms with Crippen LogP contribution in [0.5, 0.6) is 0 Å². The summed E-state index contributed by atoms with van der Waals surface area (Å²) in [5, 5.41) is 0. The monoisotopic (exact) mass is 204 g/mol. The lowest BCUT2D eigenvalue weighted by Gasteiger charge is -2.31. The van der Waals surface area contributed by atoms with Gasteiger partial charge in [0.05, 0.1) is 18.3 Å². The third-order valence-electron chi connectivity index (χ3n) is 2.31. The van der Waals surface area contributed by atoms with Crippen molar-refractivity contribution in [3.63, 3.8) is 0 Å². The summed E-state index contributed by atoms with van der Waals surface area (Å²) in [4.78, 5) is 0. The lowest BCUT2D eigenvalue weighted by atomic mass is 10.0. The topological polar surface area (TPSA) is 18.5 Å². The first kappa shape index (κ1) is 11.3. The van der Waals surface area contributed by atoms with E-state index in [1.165, 1.54) is 0 Å². The molecule has 2 atom stereocenters. The summed E-state index contributed by atoms with van der Waals surface area (Å²) in [6, 6.07) is 0. The normalized spacial score (nSPS) is 34.8. The van der Waals surface area contributed by atoms with Gasteiger partial charge in [0.2, 0.25) is 0 Å². The second-order valence-corrected chi connectivity index (χ2v) is 4.25. The summed E-state index contributed by atoms with van der Waals surface area (Å²) in [6.45, 7) is 5.07. The average Bonchev–Trinajstić information content (AvgIpc) is 2.03. The summed E-state index contributed by atoms with van der Waals surface area (Å²) in [5.41, 5.74) is 0. The molecule has 13 heavy (non-hydrogen) atoms. The number of thiol groups is 1. The van der Waals surface area contributed by atoms with Crippen LogP contribution in [0.1, 0.15) is 33.1 Å². The maximum Gasteiger partial charge on any atom is 0.0624 e. The van der Waals surface area contributed by atoms with Gasteiger partial charge in [-0.25, -0.2) is 0 Å². The van der Waals surface area contributed by atoms with Gasteiger partial charge in [-0.1, -0.05) is 0 Å². The Balaban J connectivity index is 2.17. The predicted molar refractivity (Wildman–Crippen MR) is 57.5 cm³/mol. The van der Waals surface area contributed by atoms with Crippen LogP contribution >= 0.6 is 12.6 Å². The highest BCUT2D eigenvalue weighted by Crippen LogP contribution is 2.21. The molecule has 0 radical (unpaired) electrons. The van der Waals surface area contributed by atoms with Crippen LogP contribution in [0.15, 0.2) is 0 Å². The quantitative estimate of drug-likeness (QED) is 0.559. The number of hydrogen-bond donors (Lipinski definition) is 1. The lowest BCUT2D eigenvalue weighted by molar-refractivity contribution is -0.101. The Morgan fingerprint density at radius 2 is 1.92 bits per heavy atom. The van der Waals surface area contributed by atoms with E-state index in [9.17, 15) is 0 Å². The summed E-state index contributed by atoms with van der Waals surface area (Å²) in [6.07, 6.45) is 4.23. The highest BCUT2D eigenvalue weighted by Gasteiger charge is 2.24.